The van der Waals surface area contributed by atoms with Crippen LogP contribution in [0.3, 0.4) is 0 Å². The molecule has 0 aliphatic heterocycles. The Bertz CT molecular complexity index is 585. The molecule has 0 atom stereocenters. The summed E-state index contributed by atoms with van der Waals surface area (Å²) < 4.78 is 1.37. The predicted molar refractivity (Wildman–Crippen MR) is 77.3 cm³/mol. The van der Waals surface area contributed by atoms with Crippen molar-refractivity contribution < 1.29 is 0 Å². The van der Waals surface area contributed by atoms with Crippen molar-refractivity contribution in [3.05, 3.63) is 27.3 Å². The van der Waals surface area contributed by atoms with Crippen molar-refractivity contribution in [3.8, 4) is 0 Å². The summed E-state index contributed by atoms with van der Waals surface area (Å²) in [6.45, 7) is 15.6. The molecule has 0 aliphatic carbocycles. The highest BCUT2D eigenvalue weighted by atomic mass is 32.1. The quantitative estimate of drug-likeness (QED) is 0.650. The van der Waals surface area contributed by atoms with Crippen LogP contribution in [0.5, 0.6) is 0 Å². The number of nitrogens with zero attached hydrogens (tertiary/aromatic N) is 1. The van der Waals surface area contributed by atoms with Crippen molar-refractivity contribution in [1.29, 1.82) is 0 Å². The fraction of sp³-hybridized carbons (Fsp3) is 0.533. The van der Waals surface area contributed by atoms with Crippen LogP contribution < -0.4 is 0 Å². The van der Waals surface area contributed by atoms with E-state index in [4.69, 9.17) is 0 Å². The van der Waals surface area contributed by atoms with Crippen LogP contribution in [0.1, 0.15) is 48.0 Å². The Balaban J connectivity index is 2.96. The van der Waals surface area contributed by atoms with Gasteiger partial charge in [0.2, 0.25) is 0 Å². The molecule has 2 heteroatoms. The molecule has 0 fully saturated rings. The zero-order valence-corrected chi connectivity index (χ0v) is 12.7. The fourth-order valence-electron chi connectivity index (χ4n) is 2.82. The summed E-state index contributed by atoms with van der Waals surface area (Å²) in [6.07, 6.45) is 0. The maximum atomic E-state index is 4.68. The lowest BCUT2D eigenvalue weighted by molar-refractivity contribution is 0.582. The summed E-state index contributed by atoms with van der Waals surface area (Å²) in [5, 5.41) is 1.16. The van der Waals surface area contributed by atoms with Gasteiger partial charge in [-0.05, 0) is 55.4 Å². The van der Waals surface area contributed by atoms with Crippen molar-refractivity contribution in [3.63, 3.8) is 0 Å². The van der Waals surface area contributed by atoms with E-state index in [1.807, 2.05) is 11.3 Å². The number of hydrogen-bond donors (Lipinski definition) is 0. The third kappa shape index (κ3) is 1.89. The Morgan fingerprint density at radius 3 is 2.00 bits per heavy atom. The molecule has 2 rings (SSSR count). The van der Waals surface area contributed by atoms with E-state index in [0.717, 1.165) is 5.01 Å². The summed E-state index contributed by atoms with van der Waals surface area (Å²) in [5.74, 6) is 0. The molecule has 0 unspecified atom stereocenters. The van der Waals surface area contributed by atoms with Gasteiger partial charge in [0, 0.05) is 0 Å². The Morgan fingerprint density at radius 2 is 1.47 bits per heavy atom. The normalized spacial score (nSPS) is 12.4. The fourth-order valence-corrected chi connectivity index (χ4v) is 3.80. The molecule has 0 amide bonds. The van der Waals surface area contributed by atoms with E-state index in [0.29, 0.717) is 0 Å². The molecular weight excluding hydrogens is 226 g/mol. The topological polar surface area (TPSA) is 12.9 Å². The highest BCUT2D eigenvalue weighted by Crippen LogP contribution is 2.38. The van der Waals surface area contributed by atoms with Crippen LogP contribution in [0.25, 0.3) is 10.2 Å². The van der Waals surface area contributed by atoms with Crippen LogP contribution in [0.15, 0.2) is 0 Å². The second kappa shape index (κ2) is 3.81. The summed E-state index contributed by atoms with van der Waals surface area (Å²) >= 11 is 1.82. The first-order chi connectivity index (χ1) is 7.73. The average molecular weight is 247 g/mol. The molecule has 2 aromatic rings. The van der Waals surface area contributed by atoms with Crippen molar-refractivity contribution >= 4 is 21.6 Å². The number of thiazole rings is 1. The summed E-state index contributed by atoms with van der Waals surface area (Å²) in [6, 6.07) is 0. The molecule has 0 aliphatic rings. The second-order valence-corrected chi connectivity index (χ2v) is 7.11. The largest absolute Gasteiger partial charge is 0.241 e. The predicted octanol–water partition coefficient (Wildman–Crippen LogP) is 4.83. The smallest absolute Gasteiger partial charge is 0.0907 e. The highest BCUT2D eigenvalue weighted by Gasteiger charge is 2.23. The standard InChI is InChI=1S/C15H21NS/c1-8-9(2)13-14(17-11(4)16-13)10(3)12(8)15(5,6)7/h1-7H3. The molecule has 0 radical (unpaired) electrons. The van der Waals surface area contributed by atoms with Crippen LogP contribution in [0.2, 0.25) is 0 Å². The molecule has 0 bridgehead atoms. The Kier molecular flexibility index (Phi) is 2.81. The lowest BCUT2D eigenvalue weighted by Crippen LogP contribution is -2.16. The van der Waals surface area contributed by atoms with Gasteiger partial charge in [-0.3, -0.25) is 0 Å². The molecule has 1 aromatic heterocycles. The van der Waals surface area contributed by atoms with Crippen molar-refractivity contribution in [2.75, 3.05) is 0 Å². The van der Waals surface area contributed by atoms with Crippen LogP contribution in [0.4, 0.5) is 0 Å². The minimum absolute atomic E-state index is 0.199. The second-order valence-electron chi connectivity index (χ2n) is 5.91. The van der Waals surface area contributed by atoms with Gasteiger partial charge in [-0.15, -0.1) is 11.3 Å². The van der Waals surface area contributed by atoms with Crippen LogP contribution in [-0.2, 0) is 5.41 Å². The van der Waals surface area contributed by atoms with Gasteiger partial charge in [0.25, 0.3) is 0 Å². The van der Waals surface area contributed by atoms with Crippen LogP contribution in [0, 0.1) is 27.7 Å². The van der Waals surface area contributed by atoms with Crippen molar-refractivity contribution in [2.45, 2.75) is 53.9 Å². The third-order valence-corrected chi connectivity index (χ3v) is 4.58. The Labute approximate surface area is 108 Å². The van der Waals surface area contributed by atoms with E-state index in [9.17, 15) is 0 Å². The van der Waals surface area contributed by atoms with Gasteiger partial charge in [0.1, 0.15) is 0 Å². The molecule has 1 aromatic carbocycles. The molecule has 0 spiro atoms. The zero-order valence-electron chi connectivity index (χ0n) is 11.9. The van der Waals surface area contributed by atoms with Gasteiger partial charge in [-0.1, -0.05) is 20.8 Å². The molecule has 0 N–H and O–H groups in total. The van der Waals surface area contributed by atoms with E-state index in [2.05, 4.69) is 53.5 Å². The maximum Gasteiger partial charge on any atom is 0.0907 e. The first kappa shape index (κ1) is 12.6. The van der Waals surface area contributed by atoms with E-state index in [-0.39, 0.29) is 5.41 Å². The van der Waals surface area contributed by atoms with Gasteiger partial charge in [-0.25, -0.2) is 4.98 Å². The van der Waals surface area contributed by atoms with Gasteiger partial charge in [0.05, 0.1) is 15.2 Å². The summed E-state index contributed by atoms with van der Waals surface area (Å²) in [5.41, 5.74) is 7.07. The minimum atomic E-state index is 0.199. The van der Waals surface area contributed by atoms with E-state index in [1.165, 1.54) is 32.5 Å². The zero-order chi connectivity index (χ0) is 13.0. The van der Waals surface area contributed by atoms with Gasteiger partial charge in [0.15, 0.2) is 0 Å². The molecule has 1 heterocycles. The molecule has 0 saturated heterocycles. The molecule has 1 nitrogen and oxygen atoms in total. The molecular formula is C15H21NS. The summed E-state index contributed by atoms with van der Waals surface area (Å²) in [7, 11) is 0. The van der Waals surface area contributed by atoms with Crippen molar-refractivity contribution in [2.24, 2.45) is 0 Å². The van der Waals surface area contributed by atoms with Crippen LogP contribution >= 0.6 is 11.3 Å². The highest BCUT2D eigenvalue weighted by molar-refractivity contribution is 7.18. The number of aromatic nitrogens is 1. The number of fused-ring (bicyclic) bond motifs is 1. The summed E-state index contributed by atoms with van der Waals surface area (Å²) in [4.78, 5) is 4.68. The van der Waals surface area contributed by atoms with E-state index >= 15 is 0 Å². The first-order valence-electron chi connectivity index (χ1n) is 6.11. The monoisotopic (exact) mass is 247 g/mol. The lowest BCUT2D eigenvalue weighted by atomic mass is 9.79. The number of hydrogen-bond acceptors (Lipinski definition) is 2. The van der Waals surface area contributed by atoms with E-state index < -0.39 is 0 Å². The van der Waals surface area contributed by atoms with Gasteiger partial charge in [-0.2, -0.15) is 0 Å². The Morgan fingerprint density at radius 1 is 0.882 bits per heavy atom. The van der Waals surface area contributed by atoms with Gasteiger partial charge >= 0.3 is 0 Å². The third-order valence-electron chi connectivity index (χ3n) is 3.49. The first-order valence-corrected chi connectivity index (χ1v) is 6.92. The molecule has 0 saturated carbocycles. The molecule has 17 heavy (non-hydrogen) atoms. The van der Waals surface area contributed by atoms with E-state index in [1.54, 1.807) is 0 Å². The maximum absolute atomic E-state index is 4.68. The Hall–Kier alpha value is -0.890. The minimum Gasteiger partial charge on any atom is -0.241 e. The average Bonchev–Trinajstić information content (AvgIpc) is 2.55. The number of aryl methyl sites for hydroxylation is 3. The lowest BCUT2D eigenvalue weighted by Gasteiger charge is -2.26. The SMILES string of the molecule is Cc1nc2c(C)c(C)c(C(C)(C)C)c(C)c2s1. The number of rotatable bonds is 0. The van der Waals surface area contributed by atoms with Gasteiger partial charge < -0.3 is 0 Å². The van der Waals surface area contributed by atoms with Crippen molar-refractivity contribution in [1.82, 2.24) is 4.98 Å². The molecule has 92 valence electrons. The number of benzene rings is 1. The van der Waals surface area contributed by atoms with Crippen LogP contribution in [-0.4, -0.2) is 4.98 Å².